The second-order valence-corrected chi connectivity index (χ2v) is 15.2. The topological polar surface area (TPSA) is 43.6 Å². The highest BCUT2D eigenvalue weighted by atomic mass is 15.0. The van der Waals surface area contributed by atoms with Crippen LogP contribution in [0, 0.1) is 0 Å². The predicted molar refractivity (Wildman–Crippen MR) is 252 cm³/mol. The SMILES string of the molecule is c1ccc(-c2cc(-c3ccc(-c4nc(-c5ccccc5)nc(-c5ccccc5)n4)cc3)c(-c3ccccc3)c(-c3ccc4c(c3)c3ccccc3n4-c3ccccc3)c2)cc1. The Bertz CT molecular complexity index is 3250. The normalized spacial score (nSPS) is 11.3. The molecule has 0 saturated carbocycles. The maximum absolute atomic E-state index is 5.02. The van der Waals surface area contributed by atoms with Gasteiger partial charge in [-0.05, 0) is 87.0 Å². The summed E-state index contributed by atoms with van der Waals surface area (Å²) in [4.78, 5) is 15.0. The van der Waals surface area contributed by atoms with Crippen LogP contribution in [0.4, 0.5) is 0 Å². The van der Waals surface area contributed by atoms with Crippen LogP contribution in [0.15, 0.2) is 231 Å². The van der Waals surface area contributed by atoms with Crippen molar-refractivity contribution in [2.45, 2.75) is 0 Å². The van der Waals surface area contributed by atoms with E-state index in [9.17, 15) is 0 Å². The molecular formula is C57H38N4. The maximum atomic E-state index is 5.02. The first-order valence-corrected chi connectivity index (χ1v) is 20.6. The molecule has 11 aromatic rings. The third kappa shape index (κ3) is 6.76. The van der Waals surface area contributed by atoms with E-state index in [-0.39, 0.29) is 0 Å². The first kappa shape index (κ1) is 35.9. The zero-order valence-electron chi connectivity index (χ0n) is 33.2. The molecule has 286 valence electrons. The van der Waals surface area contributed by atoms with Gasteiger partial charge in [-0.25, -0.2) is 15.0 Å². The molecular weight excluding hydrogens is 741 g/mol. The van der Waals surface area contributed by atoms with Crippen molar-refractivity contribution in [3.63, 3.8) is 0 Å². The summed E-state index contributed by atoms with van der Waals surface area (Å²) in [5.74, 6) is 1.91. The maximum Gasteiger partial charge on any atom is 0.164 e. The molecule has 0 aliphatic carbocycles. The fourth-order valence-electron chi connectivity index (χ4n) is 8.54. The van der Waals surface area contributed by atoms with E-state index < -0.39 is 0 Å². The van der Waals surface area contributed by atoms with Crippen LogP contribution in [0.5, 0.6) is 0 Å². The third-order valence-electron chi connectivity index (χ3n) is 11.5. The fraction of sp³-hybridized carbons (Fsp3) is 0. The first-order chi connectivity index (χ1) is 30.2. The van der Waals surface area contributed by atoms with Gasteiger partial charge in [-0.15, -0.1) is 0 Å². The fourth-order valence-corrected chi connectivity index (χ4v) is 8.54. The summed E-state index contributed by atoms with van der Waals surface area (Å²) in [5, 5.41) is 2.44. The largest absolute Gasteiger partial charge is 0.309 e. The van der Waals surface area contributed by atoms with Crippen molar-refractivity contribution < 1.29 is 0 Å². The van der Waals surface area contributed by atoms with Crippen LogP contribution in [-0.2, 0) is 0 Å². The van der Waals surface area contributed by atoms with E-state index >= 15 is 0 Å². The summed E-state index contributed by atoms with van der Waals surface area (Å²) < 4.78 is 2.37. The lowest BCUT2D eigenvalue weighted by atomic mass is 9.84. The van der Waals surface area contributed by atoms with Crippen LogP contribution in [0.1, 0.15) is 0 Å². The summed E-state index contributed by atoms with van der Waals surface area (Å²) in [6.45, 7) is 0. The van der Waals surface area contributed by atoms with Gasteiger partial charge in [-0.3, -0.25) is 0 Å². The number of hydrogen-bond acceptors (Lipinski definition) is 3. The summed E-state index contributed by atoms with van der Waals surface area (Å²) >= 11 is 0. The van der Waals surface area contributed by atoms with Crippen molar-refractivity contribution in [2.24, 2.45) is 0 Å². The van der Waals surface area contributed by atoms with E-state index in [4.69, 9.17) is 15.0 Å². The highest BCUT2D eigenvalue weighted by Gasteiger charge is 2.20. The third-order valence-corrected chi connectivity index (χ3v) is 11.5. The lowest BCUT2D eigenvalue weighted by Gasteiger charge is -2.19. The van der Waals surface area contributed by atoms with E-state index in [1.807, 2.05) is 60.7 Å². The van der Waals surface area contributed by atoms with Gasteiger partial charge < -0.3 is 4.57 Å². The molecule has 0 spiro atoms. The molecule has 11 rings (SSSR count). The Hall–Kier alpha value is -8.21. The van der Waals surface area contributed by atoms with Crippen molar-refractivity contribution in [3.8, 4) is 84.4 Å². The van der Waals surface area contributed by atoms with Gasteiger partial charge in [-0.2, -0.15) is 0 Å². The average Bonchev–Trinajstić information content (AvgIpc) is 3.68. The van der Waals surface area contributed by atoms with Crippen molar-refractivity contribution in [2.75, 3.05) is 0 Å². The van der Waals surface area contributed by atoms with Crippen LogP contribution in [0.2, 0.25) is 0 Å². The van der Waals surface area contributed by atoms with E-state index in [1.54, 1.807) is 0 Å². The Morgan fingerprint density at radius 2 is 0.672 bits per heavy atom. The Morgan fingerprint density at radius 3 is 1.25 bits per heavy atom. The zero-order chi connectivity index (χ0) is 40.5. The Balaban J connectivity index is 1.11. The predicted octanol–water partition coefficient (Wildman–Crippen LogP) is 14.6. The van der Waals surface area contributed by atoms with Gasteiger partial charge in [0.15, 0.2) is 17.5 Å². The van der Waals surface area contributed by atoms with Crippen molar-refractivity contribution >= 4 is 21.8 Å². The molecule has 0 fully saturated rings. The highest BCUT2D eigenvalue weighted by molar-refractivity contribution is 6.11. The first-order valence-electron chi connectivity index (χ1n) is 20.6. The van der Waals surface area contributed by atoms with Gasteiger partial charge in [0, 0.05) is 33.2 Å². The van der Waals surface area contributed by atoms with Crippen LogP contribution in [0.3, 0.4) is 0 Å². The molecule has 0 atom stereocenters. The van der Waals surface area contributed by atoms with Crippen LogP contribution < -0.4 is 0 Å². The summed E-state index contributed by atoms with van der Waals surface area (Å²) in [5.41, 5.74) is 15.5. The molecule has 4 nitrogen and oxygen atoms in total. The van der Waals surface area contributed by atoms with E-state index in [0.29, 0.717) is 17.5 Å². The number of fused-ring (bicyclic) bond motifs is 3. The van der Waals surface area contributed by atoms with Gasteiger partial charge >= 0.3 is 0 Å². The molecule has 4 heteroatoms. The smallest absolute Gasteiger partial charge is 0.164 e. The highest BCUT2D eigenvalue weighted by Crippen LogP contribution is 2.45. The van der Waals surface area contributed by atoms with Gasteiger partial charge in [-0.1, -0.05) is 188 Å². The van der Waals surface area contributed by atoms with Crippen molar-refractivity contribution in [1.29, 1.82) is 0 Å². The monoisotopic (exact) mass is 778 g/mol. The molecule has 0 bridgehead atoms. The number of para-hydroxylation sites is 2. The molecule has 0 N–H and O–H groups in total. The van der Waals surface area contributed by atoms with Crippen LogP contribution in [0.25, 0.3) is 106 Å². The van der Waals surface area contributed by atoms with Gasteiger partial charge in [0.1, 0.15) is 0 Å². The minimum Gasteiger partial charge on any atom is -0.309 e. The number of rotatable bonds is 8. The molecule has 0 radical (unpaired) electrons. The molecule has 0 unspecified atom stereocenters. The number of benzene rings is 9. The minimum atomic E-state index is 0.629. The van der Waals surface area contributed by atoms with E-state index in [2.05, 4.69) is 174 Å². The molecule has 0 saturated heterocycles. The average molecular weight is 779 g/mol. The molecule has 0 aliphatic heterocycles. The molecule has 2 aromatic heterocycles. The number of nitrogens with zero attached hydrogens (tertiary/aromatic N) is 4. The number of hydrogen-bond donors (Lipinski definition) is 0. The Morgan fingerprint density at radius 1 is 0.262 bits per heavy atom. The Labute approximate surface area is 354 Å². The molecule has 0 aliphatic rings. The van der Waals surface area contributed by atoms with Crippen molar-refractivity contribution in [3.05, 3.63) is 231 Å². The van der Waals surface area contributed by atoms with Crippen LogP contribution in [-0.4, -0.2) is 19.5 Å². The standard InChI is InChI=1S/C57H38N4/c1-6-18-39(19-7-1)46-37-49(40-30-32-44(33-31-40)57-59-55(42-22-10-3-11-23-42)58-56(60-57)43-24-12-4-13-25-43)54(41-20-8-2-9-21-41)50(38-46)45-34-35-53-51(36-45)48-28-16-17-29-52(48)61(53)47-26-14-5-15-27-47/h1-38H. The number of aromatic nitrogens is 4. The molecule has 0 amide bonds. The second-order valence-electron chi connectivity index (χ2n) is 15.2. The zero-order valence-corrected chi connectivity index (χ0v) is 33.2. The van der Waals surface area contributed by atoms with E-state index in [0.717, 1.165) is 55.8 Å². The molecule has 61 heavy (non-hydrogen) atoms. The van der Waals surface area contributed by atoms with Gasteiger partial charge in [0.25, 0.3) is 0 Å². The summed E-state index contributed by atoms with van der Waals surface area (Å²) in [7, 11) is 0. The van der Waals surface area contributed by atoms with E-state index in [1.165, 1.54) is 32.9 Å². The quantitative estimate of drug-likeness (QED) is 0.154. The lowest BCUT2D eigenvalue weighted by Crippen LogP contribution is -2.00. The van der Waals surface area contributed by atoms with Crippen molar-refractivity contribution in [1.82, 2.24) is 19.5 Å². The molecule has 2 heterocycles. The van der Waals surface area contributed by atoms with Gasteiger partial charge in [0.2, 0.25) is 0 Å². The second kappa shape index (κ2) is 15.5. The van der Waals surface area contributed by atoms with Gasteiger partial charge in [0.05, 0.1) is 11.0 Å². The summed E-state index contributed by atoms with van der Waals surface area (Å²) in [6, 6.07) is 81.4. The molecule has 9 aromatic carbocycles. The summed E-state index contributed by atoms with van der Waals surface area (Å²) in [6.07, 6.45) is 0. The Kier molecular flexibility index (Phi) is 9.14. The minimum absolute atomic E-state index is 0.629. The van der Waals surface area contributed by atoms with Crippen LogP contribution >= 0.6 is 0 Å². The lowest BCUT2D eigenvalue weighted by molar-refractivity contribution is 1.07.